The first-order valence-corrected chi connectivity index (χ1v) is 9.85. The molecule has 7 heteroatoms. The van der Waals surface area contributed by atoms with Crippen molar-refractivity contribution in [3.05, 3.63) is 41.9 Å². The highest BCUT2D eigenvalue weighted by Gasteiger charge is 2.17. The predicted octanol–water partition coefficient (Wildman–Crippen LogP) is 3.33. The molecule has 2 N–H and O–H groups in total. The van der Waals surface area contributed by atoms with Crippen molar-refractivity contribution < 1.29 is 9.53 Å². The Morgan fingerprint density at radius 2 is 1.96 bits per heavy atom. The van der Waals surface area contributed by atoms with Crippen molar-refractivity contribution in [1.29, 1.82) is 0 Å². The second-order valence-corrected chi connectivity index (χ2v) is 7.37. The summed E-state index contributed by atoms with van der Waals surface area (Å²) in [5.74, 6) is 1.62. The minimum atomic E-state index is -0.238. The summed E-state index contributed by atoms with van der Waals surface area (Å²) < 4.78 is 5.43. The predicted molar refractivity (Wildman–Crippen MR) is 112 cm³/mol. The third-order valence-corrected chi connectivity index (χ3v) is 4.60. The summed E-state index contributed by atoms with van der Waals surface area (Å²) in [5.41, 5.74) is 2.14. The molecule has 0 radical (unpaired) electrons. The Hall–Kier alpha value is -2.67. The highest BCUT2D eigenvalue weighted by molar-refractivity contribution is 6.05. The van der Waals surface area contributed by atoms with Gasteiger partial charge in [-0.25, -0.2) is 9.97 Å². The molecular weight excluding hydrogens is 354 g/mol. The van der Waals surface area contributed by atoms with Gasteiger partial charge in [-0.15, -0.1) is 0 Å². The molecular formula is C21H29N5O2. The minimum absolute atomic E-state index is 0.238. The molecule has 28 heavy (non-hydrogen) atoms. The maximum absolute atomic E-state index is 12.9. The van der Waals surface area contributed by atoms with E-state index in [2.05, 4.69) is 39.3 Å². The van der Waals surface area contributed by atoms with Crippen molar-refractivity contribution in [2.24, 2.45) is 5.92 Å². The van der Waals surface area contributed by atoms with Crippen LogP contribution in [-0.2, 0) is 4.74 Å². The van der Waals surface area contributed by atoms with E-state index in [-0.39, 0.29) is 5.91 Å². The first-order valence-electron chi connectivity index (χ1n) is 9.85. The normalized spacial score (nSPS) is 14.2. The molecule has 0 bridgehead atoms. The summed E-state index contributed by atoms with van der Waals surface area (Å²) in [7, 11) is 0. The molecule has 1 fully saturated rings. The summed E-state index contributed by atoms with van der Waals surface area (Å²) in [4.78, 5) is 23.8. The van der Waals surface area contributed by atoms with E-state index in [9.17, 15) is 4.79 Å². The average molecular weight is 383 g/mol. The fourth-order valence-electron chi connectivity index (χ4n) is 3.11. The fraction of sp³-hybridized carbons (Fsp3) is 0.476. The second-order valence-electron chi connectivity index (χ2n) is 7.37. The van der Waals surface area contributed by atoms with E-state index in [1.54, 1.807) is 13.0 Å². The summed E-state index contributed by atoms with van der Waals surface area (Å²) >= 11 is 0. The monoisotopic (exact) mass is 383 g/mol. The Morgan fingerprint density at radius 3 is 2.71 bits per heavy atom. The highest BCUT2D eigenvalue weighted by Crippen LogP contribution is 2.26. The van der Waals surface area contributed by atoms with Crippen LogP contribution in [0.15, 0.2) is 30.3 Å². The van der Waals surface area contributed by atoms with Crippen LogP contribution >= 0.6 is 0 Å². The molecule has 2 heterocycles. The van der Waals surface area contributed by atoms with Gasteiger partial charge in [0.15, 0.2) is 0 Å². The largest absolute Gasteiger partial charge is 0.378 e. The van der Waals surface area contributed by atoms with Gasteiger partial charge in [0.25, 0.3) is 5.91 Å². The maximum atomic E-state index is 12.9. The van der Waals surface area contributed by atoms with Gasteiger partial charge >= 0.3 is 0 Å². The first-order chi connectivity index (χ1) is 13.5. The molecule has 1 aliphatic rings. The van der Waals surface area contributed by atoms with Gasteiger partial charge in [0, 0.05) is 25.7 Å². The van der Waals surface area contributed by atoms with Crippen molar-refractivity contribution in [1.82, 2.24) is 9.97 Å². The van der Waals surface area contributed by atoms with Crippen molar-refractivity contribution in [2.45, 2.75) is 27.2 Å². The average Bonchev–Trinajstić information content (AvgIpc) is 2.68. The number of aromatic nitrogens is 2. The molecule has 0 atom stereocenters. The van der Waals surface area contributed by atoms with Crippen LogP contribution < -0.4 is 15.5 Å². The Labute approximate surface area is 166 Å². The third kappa shape index (κ3) is 5.42. The zero-order valence-electron chi connectivity index (χ0n) is 16.9. The van der Waals surface area contributed by atoms with Crippen LogP contribution in [0.4, 0.5) is 17.2 Å². The number of hydrogen-bond donors (Lipinski definition) is 2. The zero-order valence-corrected chi connectivity index (χ0v) is 16.9. The van der Waals surface area contributed by atoms with Gasteiger partial charge in [-0.05, 0) is 31.4 Å². The standard InChI is InChI=1S/C21H29N5O2/c1-15(2)8-9-22-20-14-18(23-16(3)24-20)21(27)25-17-6-4-5-7-19(17)26-10-12-28-13-11-26/h4-7,14-15H,8-13H2,1-3H3,(H,25,27)(H,22,23,24). The van der Waals surface area contributed by atoms with E-state index in [1.165, 1.54) is 0 Å². The van der Waals surface area contributed by atoms with E-state index in [0.717, 1.165) is 37.4 Å². The summed E-state index contributed by atoms with van der Waals surface area (Å²) in [6, 6.07) is 9.54. The summed E-state index contributed by atoms with van der Waals surface area (Å²) in [5, 5.41) is 6.30. The van der Waals surface area contributed by atoms with E-state index < -0.39 is 0 Å². The number of benzene rings is 1. The Bertz CT molecular complexity index is 803. The molecule has 1 saturated heterocycles. The number of carbonyl (C=O) groups excluding carboxylic acids is 1. The van der Waals surface area contributed by atoms with Crippen LogP contribution in [0.3, 0.4) is 0 Å². The molecule has 0 saturated carbocycles. The number of carbonyl (C=O) groups is 1. The van der Waals surface area contributed by atoms with Crippen molar-refractivity contribution >= 4 is 23.1 Å². The topological polar surface area (TPSA) is 79.4 Å². The van der Waals surface area contributed by atoms with Gasteiger partial charge in [-0.2, -0.15) is 0 Å². The smallest absolute Gasteiger partial charge is 0.274 e. The van der Waals surface area contributed by atoms with Crippen molar-refractivity contribution in [3.63, 3.8) is 0 Å². The van der Waals surface area contributed by atoms with Crippen LogP contribution in [0, 0.1) is 12.8 Å². The molecule has 7 nitrogen and oxygen atoms in total. The lowest BCUT2D eigenvalue weighted by molar-refractivity contribution is 0.102. The Morgan fingerprint density at radius 1 is 1.21 bits per heavy atom. The quantitative estimate of drug-likeness (QED) is 0.763. The zero-order chi connectivity index (χ0) is 19.9. The molecule has 0 spiro atoms. The van der Waals surface area contributed by atoms with Crippen LogP contribution in [0.25, 0.3) is 0 Å². The number of para-hydroxylation sites is 2. The second kappa shape index (κ2) is 9.50. The number of morpholine rings is 1. The Balaban J connectivity index is 1.73. The van der Waals surface area contributed by atoms with E-state index >= 15 is 0 Å². The number of anilines is 3. The summed E-state index contributed by atoms with van der Waals surface area (Å²) in [6.45, 7) is 9.97. The summed E-state index contributed by atoms with van der Waals surface area (Å²) in [6.07, 6.45) is 1.04. The molecule has 1 aromatic carbocycles. The lowest BCUT2D eigenvalue weighted by atomic mass is 10.1. The molecule has 1 aliphatic heterocycles. The number of nitrogens with zero attached hydrogens (tertiary/aromatic N) is 3. The van der Waals surface area contributed by atoms with Crippen LogP contribution in [0.5, 0.6) is 0 Å². The third-order valence-electron chi connectivity index (χ3n) is 4.60. The molecule has 0 unspecified atom stereocenters. The number of rotatable bonds is 7. The van der Waals surface area contributed by atoms with E-state index in [0.29, 0.717) is 36.5 Å². The molecule has 2 aromatic rings. The van der Waals surface area contributed by atoms with Crippen LogP contribution in [0.2, 0.25) is 0 Å². The number of nitrogens with one attached hydrogen (secondary N) is 2. The molecule has 150 valence electrons. The highest BCUT2D eigenvalue weighted by atomic mass is 16.5. The molecule has 0 aliphatic carbocycles. The minimum Gasteiger partial charge on any atom is -0.378 e. The van der Waals surface area contributed by atoms with Crippen molar-refractivity contribution in [3.8, 4) is 0 Å². The lowest BCUT2D eigenvalue weighted by Crippen LogP contribution is -2.36. The van der Waals surface area contributed by atoms with Gasteiger partial charge in [-0.1, -0.05) is 26.0 Å². The van der Waals surface area contributed by atoms with Gasteiger partial charge in [0.1, 0.15) is 17.3 Å². The Kier molecular flexibility index (Phi) is 6.81. The molecule has 3 rings (SSSR count). The van der Waals surface area contributed by atoms with Crippen LogP contribution in [0.1, 0.15) is 36.6 Å². The number of ether oxygens (including phenoxy) is 1. The lowest BCUT2D eigenvalue weighted by Gasteiger charge is -2.30. The van der Waals surface area contributed by atoms with Gasteiger partial charge in [0.2, 0.25) is 0 Å². The molecule has 1 amide bonds. The maximum Gasteiger partial charge on any atom is 0.274 e. The fourth-order valence-corrected chi connectivity index (χ4v) is 3.11. The first kappa shape index (κ1) is 20.1. The van der Waals surface area contributed by atoms with Gasteiger partial charge in [0.05, 0.1) is 24.6 Å². The number of hydrogen-bond acceptors (Lipinski definition) is 6. The SMILES string of the molecule is Cc1nc(NCCC(C)C)cc(C(=O)Nc2ccccc2N2CCOCC2)n1. The van der Waals surface area contributed by atoms with Gasteiger partial charge < -0.3 is 20.3 Å². The number of amides is 1. The number of aryl methyl sites for hydroxylation is 1. The van der Waals surface area contributed by atoms with Gasteiger partial charge in [-0.3, -0.25) is 4.79 Å². The van der Waals surface area contributed by atoms with E-state index in [1.807, 2.05) is 24.3 Å². The molecule has 1 aromatic heterocycles. The van der Waals surface area contributed by atoms with E-state index in [4.69, 9.17) is 4.74 Å². The van der Waals surface area contributed by atoms with Crippen molar-refractivity contribution in [2.75, 3.05) is 48.4 Å². The van der Waals surface area contributed by atoms with Crippen LogP contribution in [-0.4, -0.2) is 48.7 Å².